The van der Waals surface area contributed by atoms with E-state index in [1.807, 2.05) is 24.3 Å². The van der Waals surface area contributed by atoms with Gasteiger partial charge in [-0.05, 0) is 31.0 Å². The summed E-state index contributed by atoms with van der Waals surface area (Å²) in [5, 5.41) is 8.03. The van der Waals surface area contributed by atoms with E-state index in [-0.39, 0.29) is 6.61 Å². The minimum Gasteiger partial charge on any atom is -0.497 e. The lowest BCUT2D eigenvalue weighted by molar-refractivity contribution is 0.295. The molecule has 0 aliphatic carbocycles. The Morgan fingerprint density at radius 3 is 2.44 bits per heavy atom. The summed E-state index contributed by atoms with van der Waals surface area (Å²) in [6, 6.07) is 7.45. The lowest BCUT2D eigenvalue weighted by atomic mass is 10.1. The summed E-state index contributed by atoms with van der Waals surface area (Å²) in [6.45, 7) is 1.41. The van der Waals surface area contributed by atoms with Crippen molar-refractivity contribution in [2.75, 3.05) is 20.3 Å². The van der Waals surface area contributed by atoms with Gasteiger partial charge in [0.25, 0.3) is 0 Å². The molecule has 0 radical (unpaired) electrons. The van der Waals surface area contributed by atoms with Crippen LogP contribution >= 0.6 is 0 Å². The highest BCUT2D eigenvalue weighted by atomic mass is 32.2. The summed E-state index contributed by atoms with van der Waals surface area (Å²) >= 11 is 0. The molecule has 0 saturated heterocycles. The summed E-state index contributed by atoms with van der Waals surface area (Å²) < 4.78 is 30.6. The van der Waals surface area contributed by atoms with E-state index in [1.165, 1.54) is 6.92 Å². The highest BCUT2D eigenvalue weighted by Gasteiger charge is 2.18. The zero-order valence-corrected chi connectivity index (χ0v) is 11.4. The van der Waals surface area contributed by atoms with Gasteiger partial charge in [-0.1, -0.05) is 12.1 Å². The minimum atomic E-state index is -3.42. The molecule has 5 nitrogen and oxygen atoms in total. The third-order valence-electron chi connectivity index (χ3n) is 2.66. The molecule has 0 aliphatic rings. The first-order valence-electron chi connectivity index (χ1n) is 5.72. The molecular weight excluding hydrogens is 254 g/mol. The summed E-state index contributed by atoms with van der Waals surface area (Å²) in [7, 11) is -1.82. The molecule has 1 rings (SSSR count). The molecule has 18 heavy (non-hydrogen) atoms. The van der Waals surface area contributed by atoms with Crippen LogP contribution in [0, 0.1) is 0 Å². The number of rotatable bonds is 7. The maximum atomic E-state index is 11.6. The number of aliphatic hydroxyl groups is 1. The summed E-state index contributed by atoms with van der Waals surface area (Å²) in [4.78, 5) is 0. The number of aliphatic hydroxyl groups excluding tert-OH is 1. The molecule has 6 heteroatoms. The smallest absolute Gasteiger partial charge is 0.216 e. The normalized spacial score (nSPS) is 13.3. The number of ether oxygens (including phenoxy) is 1. The van der Waals surface area contributed by atoms with Gasteiger partial charge in [0.15, 0.2) is 0 Å². The maximum Gasteiger partial charge on any atom is 0.216 e. The van der Waals surface area contributed by atoms with Gasteiger partial charge in [0, 0.05) is 6.54 Å². The summed E-state index contributed by atoms with van der Waals surface area (Å²) in [5.74, 6) is 0.772. The van der Waals surface area contributed by atoms with Crippen molar-refractivity contribution >= 4 is 10.0 Å². The van der Waals surface area contributed by atoms with Crippen molar-refractivity contribution in [1.82, 2.24) is 4.72 Å². The molecule has 0 aliphatic heterocycles. The van der Waals surface area contributed by atoms with Gasteiger partial charge in [-0.3, -0.25) is 0 Å². The van der Waals surface area contributed by atoms with E-state index in [4.69, 9.17) is 9.84 Å². The molecule has 2 N–H and O–H groups in total. The van der Waals surface area contributed by atoms with Crippen molar-refractivity contribution in [1.29, 1.82) is 0 Å². The SMILES string of the molecule is COc1ccc(CCNS(=O)(=O)C(C)CO)cc1. The Bertz CT molecular complexity index is 455. The van der Waals surface area contributed by atoms with E-state index in [1.54, 1.807) is 7.11 Å². The Labute approximate surface area is 108 Å². The van der Waals surface area contributed by atoms with Crippen LogP contribution < -0.4 is 9.46 Å². The Hall–Kier alpha value is -1.11. The first-order chi connectivity index (χ1) is 8.49. The molecule has 0 amide bonds. The second-order valence-corrected chi connectivity index (χ2v) is 6.21. The lowest BCUT2D eigenvalue weighted by Crippen LogP contribution is -2.35. The molecule has 0 spiro atoms. The average Bonchev–Trinajstić information content (AvgIpc) is 2.38. The predicted octanol–water partition coefficient (Wildman–Crippen LogP) is 0.538. The van der Waals surface area contributed by atoms with Crippen LogP contribution in [0.15, 0.2) is 24.3 Å². The van der Waals surface area contributed by atoms with Crippen LogP contribution in [0.25, 0.3) is 0 Å². The molecule has 0 bridgehead atoms. The van der Waals surface area contributed by atoms with Crippen molar-refractivity contribution in [3.8, 4) is 5.75 Å². The van der Waals surface area contributed by atoms with Crippen LogP contribution in [0.2, 0.25) is 0 Å². The second-order valence-electron chi connectivity index (χ2n) is 4.03. The van der Waals surface area contributed by atoms with E-state index in [0.717, 1.165) is 11.3 Å². The average molecular weight is 273 g/mol. The van der Waals surface area contributed by atoms with Crippen LogP contribution in [0.5, 0.6) is 5.75 Å². The predicted molar refractivity (Wildman–Crippen MR) is 70.2 cm³/mol. The molecule has 0 heterocycles. The van der Waals surface area contributed by atoms with Gasteiger partial charge >= 0.3 is 0 Å². The Morgan fingerprint density at radius 1 is 1.33 bits per heavy atom. The lowest BCUT2D eigenvalue weighted by Gasteiger charge is -2.11. The number of sulfonamides is 1. The molecule has 1 unspecified atom stereocenters. The van der Waals surface area contributed by atoms with Crippen LogP contribution in [0.1, 0.15) is 12.5 Å². The number of nitrogens with one attached hydrogen (secondary N) is 1. The number of benzene rings is 1. The Kier molecular flexibility index (Phi) is 5.58. The Balaban J connectivity index is 2.46. The van der Waals surface area contributed by atoms with Gasteiger partial charge < -0.3 is 9.84 Å². The largest absolute Gasteiger partial charge is 0.497 e. The zero-order valence-electron chi connectivity index (χ0n) is 10.6. The van der Waals surface area contributed by atoms with Crippen molar-refractivity contribution < 1.29 is 18.3 Å². The fourth-order valence-corrected chi connectivity index (χ4v) is 2.24. The number of hydrogen-bond donors (Lipinski definition) is 2. The van der Waals surface area contributed by atoms with Crippen LogP contribution in [0.4, 0.5) is 0 Å². The standard InChI is InChI=1S/C12H19NO4S/c1-10(9-14)18(15,16)13-8-7-11-3-5-12(17-2)6-4-11/h3-6,10,13-14H,7-9H2,1-2H3. The summed E-state index contributed by atoms with van der Waals surface area (Å²) in [5.41, 5.74) is 1.02. The van der Waals surface area contributed by atoms with Crippen molar-refractivity contribution in [2.24, 2.45) is 0 Å². The van der Waals surface area contributed by atoms with E-state index in [2.05, 4.69) is 4.72 Å². The van der Waals surface area contributed by atoms with Crippen molar-refractivity contribution in [3.05, 3.63) is 29.8 Å². The van der Waals surface area contributed by atoms with Crippen LogP contribution in [-0.2, 0) is 16.4 Å². The van der Waals surface area contributed by atoms with Gasteiger partial charge in [0.2, 0.25) is 10.0 Å². The highest BCUT2D eigenvalue weighted by molar-refractivity contribution is 7.90. The minimum absolute atomic E-state index is 0.318. The van der Waals surface area contributed by atoms with Gasteiger partial charge in [-0.25, -0.2) is 13.1 Å². The van der Waals surface area contributed by atoms with E-state index >= 15 is 0 Å². The van der Waals surface area contributed by atoms with E-state index in [0.29, 0.717) is 13.0 Å². The van der Waals surface area contributed by atoms with Gasteiger partial charge in [0.1, 0.15) is 5.75 Å². The van der Waals surface area contributed by atoms with Crippen molar-refractivity contribution in [2.45, 2.75) is 18.6 Å². The van der Waals surface area contributed by atoms with Crippen molar-refractivity contribution in [3.63, 3.8) is 0 Å². The monoisotopic (exact) mass is 273 g/mol. The quantitative estimate of drug-likeness (QED) is 0.760. The molecule has 1 aromatic rings. The molecule has 1 aromatic carbocycles. The first kappa shape index (κ1) is 14.9. The van der Waals surface area contributed by atoms with Gasteiger partial charge in [-0.15, -0.1) is 0 Å². The highest BCUT2D eigenvalue weighted by Crippen LogP contribution is 2.11. The second kappa shape index (κ2) is 6.72. The molecule has 102 valence electrons. The molecule has 0 saturated carbocycles. The number of hydrogen-bond acceptors (Lipinski definition) is 4. The molecule has 0 aromatic heterocycles. The maximum absolute atomic E-state index is 11.6. The molecule has 1 atom stereocenters. The third kappa shape index (κ3) is 4.29. The first-order valence-corrected chi connectivity index (χ1v) is 7.26. The zero-order chi connectivity index (χ0) is 13.6. The topological polar surface area (TPSA) is 75.6 Å². The van der Waals surface area contributed by atoms with E-state index < -0.39 is 15.3 Å². The van der Waals surface area contributed by atoms with Crippen LogP contribution in [-0.4, -0.2) is 39.0 Å². The number of methoxy groups -OCH3 is 1. The van der Waals surface area contributed by atoms with Gasteiger partial charge in [-0.2, -0.15) is 0 Å². The van der Waals surface area contributed by atoms with Crippen LogP contribution in [0.3, 0.4) is 0 Å². The molecular formula is C12H19NO4S. The molecule has 0 fully saturated rings. The Morgan fingerprint density at radius 2 is 1.94 bits per heavy atom. The summed E-state index contributed by atoms with van der Waals surface area (Å²) in [6.07, 6.45) is 0.599. The van der Waals surface area contributed by atoms with E-state index in [9.17, 15) is 8.42 Å². The fourth-order valence-electron chi connectivity index (χ4n) is 1.37. The van der Waals surface area contributed by atoms with Gasteiger partial charge in [0.05, 0.1) is 19.0 Å². The third-order valence-corrected chi connectivity index (χ3v) is 4.48. The fraction of sp³-hybridized carbons (Fsp3) is 0.500.